The Morgan fingerprint density at radius 1 is 1.04 bits per heavy atom. The monoisotopic (exact) mass is 379 g/mol. The number of rotatable bonds is 3. The normalized spacial score (nSPS) is 30.2. The Labute approximate surface area is 160 Å². The van der Waals surface area contributed by atoms with Gasteiger partial charge in [-0.1, -0.05) is 0 Å². The quantitative estimate of drug-likeness (QED) is 0.703. The van der Waals surface area contributed by atoms with Crippen LogP contribution in [-0.4, -0.2) is 78.1 Å². The summed E-state index contributed by atoms with van der Waals surface area (Å²) in [5.74, 6) is 0.615. The molecule has 0 aromatic carbocycles. The third-order valence-corrected chi connectivity index (χ3v) is 6.46. The van der Waals surface area contributed by atoms with Gasteiger partial charge in [0.15, 0.2) is 0 Å². The Morgan fingerprint density at radius 3 is 2.48 bits per heavy atom. The van der Waals surface area contributed by atoms with E-state index in [1.165, 1.54) is 0 Å². The summed E-state index contributed by atoms with van der Waals surface area (Å²) in [4.78, 5) is 31.0. The highest BCUT2D eigenvalue weighted by Gasteiger charge is 2.33. The van der Waals surface area contributed by atoms with Crippen LogP contribution in [0, 0.1) is 0 Å². The van der Waals surface area contributed by atoms with E-state index in [0.29, 0.717) is 18.9 Å². The largest absolute Gasteiger partial charge is 0.428 e. The molecule has 1 amide bonds. The molecule has 0 aromatic heterocycles. The fourth-order valence-corrected chi connectivity index (χ4v) is 4.88. The molecule has 0 aromatic rings. The number of hydrogen-bond donors (Lipinski definition) is 0. The smallest absolute Gasteiger partial charge is 0.330 e. The second-order valence-electron chi connectivity index (χ2n) is 8.23. The molecular weight excluding hydrogens is 349 g/mol. The standard InChI is InChI=1S/C20H30FN3O3/c21-15-5-7-16(8-6-15)22-9-11-23(12-10-22)19(25)13-24-14-20(26)27-18-4-2-1-3-17(18)24/h15-16H,1-14H2. The number of esters is 1. The number of alkyl halides is 1. The highest BCUT2D eigenvalue weighted by atomic mass is 19.1. The molecule has 150 valence electrons. The van der Waals surface area contributed by atoms with Crippen molar-refractivity contribution in [3.8, 4) is 0 Å². The summed E-state index contributed by atoms with van der Waals surface area (Å²) >= 11 is 0. The summed E-state index contributed by atoms with van der Waals surface area (Å²) in [7, 11) is 0. The van der Waals surface area contributed by atoms with Crippen LogP contribution in [0.15, 0.2) is 11.5 Å². The third kappa shape index (κ3) is 4.28. The van der Waals surface area contributed by atoms with Gasteiger partial charge in [0.25, 0.3) is 0 Å². The molecule has 4 rings (SSSR count). The van der Waals surface area contributed by atoms with E-state index >= 15 is 0 Å². The summed E-state index contributed by atoms with van der Waals surface area (Å²) in [5.41, 5.74) is 1.05. The molecule has 0 atom stereocenters. The zero-order valence-corrected chi connectivity index (χ0v) is 16.0. The number of ether oxygens (including phenoxy) is 1. The second-order valence-corrected chi connectivity index (χ2v) is 8.23. The summed E-state index contributed by atoms with van der Waals surface area (Å²) in [5, 5.41) is 0. The van der Waals surface area contributed by atoms with E-state index in [4.69, 9.17) is 4.74 Å². The predicted octanol–water partition coefficient (Wildman–Crippen LogP) is 2.06. The maximum Gasteiger partial charge on any atom is 0.330 e. The molecule has 2 aliphatic carbocycles. The number of carbonyl (C=O) groups excluding carboxylic acids is 2. The lowest BCUT2D eigenvalue weighted by atomic mass is 9.92. The summed E-state index contributed by atoms with van der Waals surface area (Å²) in [6, 6.07) is 0.473. The third-order valence-electron chi connectivity index (χ3n) is 6.46. The van der Waals surface area contributed by atoms with E-state index in [1.54, 1.807) is 0 Å². The van der Waals surface area contributed by atoms with Crippen molar-refractivity contribution in [1.29, 1.82) is 0 Å². The summed E-state index contributed by atoms with van der Waals surface area (Å²) in [6.45, 7) is 3.61. The second kappa shape index (κ2) is 8.17. The van der Waals surface area contributed by atoms with Crippen LogP contribution >= 0.6 is 0 Å². The lowest BCUT2D eigenvalue weighted by molar-refractivity contribution is -0.144. The van der Waals surface area contributed by atoms with Crippen molar-refractivity contribution >= 4 is 11.9 Å². The van der Waals surface area contributed by atoms with Crippen molar-refractivity contribution in [3.63, 3.8) is 0 Å². The molecule has 1 saturated carbocycles. The molecule has 27 heavy (non-hydrogen) atoms. The first-order chi connectivity index (χ1) is 13.1. The molecule has 0 N–H and O–H groups in total. The SMILES string of the molecule is O=C1CN(CC(=O)N2CCN(C3CCC(F)CC3)CC2)C2=C(CCCC2)O1. The zero-order valence-electron chi connectivity index (χ0n) is 16.0. The van der Waals surface area contributed by atoms with Crippen LogP contribution < -0.4 is 0 Å². The lowest BCUT2D eigenvalue weighted by Gasteiger charge is -2.42. The van der Waals surface area contributed by atoms with Crippen molar-refractivity contribution in [1.82, 2.24) is 14.7 Å². The molecule has 2 aliphatic heterocycles. The van der Waals surface area contributed by atoms with E-state index in [0.717, 1.165) is 76.2 Å². The van der Waals surface area contributed by atoms with Gasteiger partial charge in [-0.3, -0.25) is 9.69 Å². The average molecular weight is 379 g/mol. The molecule has 0 unspecified atom stereocenters. The highest BCUT2D eigenvalue weighted by Crippen LogP contribution is 2.31. The molecule has 2 heterocycles. The Hall–Kier alpha value is -1.63. The van der Waals surface area contributed by atoms with Gasteiger partial charge >= 0.3 is 5.97 Å². The van der Waals surface area contributed by atoms with Crippen LogP contribution in [0.3, 0.4) is 0 Å². The van der Waals surface area contributed by atoms with E-state index in [-0.39, 0.29) is 25.0 Å². The van der Waals surface area contributed by atoms with Gasteiger partial charge < -0.3 is 14.5 Å². The molecule has 7 heteroatoms. The number of halogens is 1. The van der Waals surface area contributed by atoms with E-state index in [2.05, 4.69) is 4.90 Å². The van der Waals surface area contributed by atoms with Gasteiger partial charge in [0.05, 0.1) is 12.2 Å². The topological polar surface area (TPSA) is 53.1 Å². The van der Waals surface area contributed by atoms with Gasteiger partial charge in [-0.15, -0.1) is 0 Å². The van der Waals surface area contributed by atoms with Crippen LogP contribution in [0.4, 0.5) is 4.39 Å². The molecule has 0 bridgehead atoms. The number of allylic oxidation sites excluding steroid dienone is 2. The fraction of sp³-hybridized carbons (Fsp3) is 0.800. The zero-order chi connectivity index (χ0) is 18.8. The average Bonchev–Trinajstić information content (AvgIpc) is 2.68. The lowest BCUT2D eigenvalue weighted by Crippen LogP contribution is -2.54. The molecule has 0 radical (unpaired) electrons. The van der Waals surface area contributed by atoms with Crippen molar-refractivity contribution in [2.24, 2.45) is 0 Å². The van der Waals surface area contributed by atoms with E-state index < -0.39 is 6.17 Å². The van der Waals surface area contributed by atoms with Crippen molar-refractivity contribution < 1.29 is 18.7 Å². The van der Waals surface area contributed by atoms with Gasteiger partial charge in [-0.05, 0) is 44.9 Å². The number of carbonyl (C=O) groups is 2. The Bertz CT molecular complexity index is 608. The first-order valence-corrected chi connectivity index (χ1v) is 10.4. The van der Waals surface area contributed by atoms with Gasteiger partial charge in [-0.25, -0.2) is 9.18 Å². The fourth-order valence-electron chi connectivity index (χ4n) is 4.88. The summed E-state index contributed by atoms with van der Waals surface area (Å²) in [6.07, 6.45) is 6.40. The Morgan fingerprint density at radius 2 is 1.74 bits per heavy atom. The van der Waals surface area contributed by atoms with Gasteiger partial charge in [-0.2, -0.15) is 0 Å². The van der Waals surface area contributed by atoms with Crippen molar-refractivity contribution in [2.45, 2.75) is 63.6 Å². The highest BCUT2D eigenvalue weighted by molar-refractivity contribution is 5.81. The number of piperazine rings is 1. The Kier molecular flexibility index (Phi) is 5.66. The number of hydrogen-bond acceptors (Lipinski definition) is 5. The van der Waals surface area contributed by atoms with Gasteiger partial charge in [0.2, 0.25) is 5.91 Å². The van der Waals surface area contributed by atoms with Crippen molar-refractivity contribution in [3.05, 3.63) is 11.5 Å². The molecule has 2 fully saturated rings. The number of nitrogens with zero attached hydrogens (tertiary/aromatic N) is 3. The molecule has 6 nitrogen and oxygen atoms in total. The van der Waals surface area contributed by atoms with Crippen LogP contribution in [0.5, 0.6) is 0 Å². The van der Waals surface area contributed by atoms with Crippen LogP contribution in [0.25, 0.3) is 0 Å². The van der Waals surface area contributed by atoms with Crippen LogP contribution in [0.1, 0.15) is 51.4 Å². The minimum atomic E-state index is -0.626. The van der Waals surface area contributed by atoms with Crippen LogP contribution in [-0.2, 0) is 14.3 Å². The van der Waals surface area contributed by atoms with Crippen molar-refractivity contribution in [2.75, 3.05) is 39.3 Å². The summed E-state index contributed by atoms with van der Waals surface area (Å²) < 4.78 is 18.7. The first-order valence-electron chi connectivity index (χ1n) is 10.4. The molecule has 1 saturated heterocycles. The van der Waals surface area contributed by atoms with Gasteiger partial charge in [0.1, 0.15) is 18.5 Å². The van der Waals surface area contributed by atoms with Gasteiger partial charge in [0, 0.05) is 38.6 Å². The minimum Gasteiger partial charge on any atom is -0.428 e. The van der Waals surface area contributed by atoms with E-state index in [9.17, 15) is 14.0 Å². The Balaban J connectivity index is 1.30. The molecule has 4 aliphatic rings. The number of amides is 1. The predicted molar refractivity (Wildman–Crippen MR) is 98.5 cm³/mol. The molecular formula is C20H30FN3O3. The first kappa shape index (κ1) is 18.7. The minimum absolute atomic E-state index is 0.0919. The molecule has 0 spiro atoms. The maximum atomic E-state index is 13.3. The van der Waals surface area contributed by atoms with Crippen LogP contribution in [0.2, 0.25) is 0 Å². The maximum absolute atomic E-state index is 13.3. The van der Waals surface area contributed by atoms with E-state index in [1.807, 2.05) is 9.80 Å².